The fourth-order valence-corrected chi connectivity index (χ4v) is 3.24. The molecule has 0 unspecified atom stereocenters. The average Bonchev–Trinajstić information content (AvgIpc) is 3.03. The van der Waals surface area contributed by atoms with Crippen molar-refractivity contribution in [2.24, 2.45) is 12.1 Å². The minimum atomic E-state index is -0.326. The van der Waals surface area contributed by atoms with Crippen molar-refractivity contribution >= 4 is 39.8 Å². The second kappa shape index (κ2) is 8.89. The van der Waals surface area contributed by atoms with Gasteiger partial charge < -0.3 is 14.8 Å². The molecular formula is C18H16BrN5O3S. The van der Waals surface area contributed by atoms with Gasteiger partial charge in [0.2, 0.25) is 0 Å². The van der Waals surface area contributed by atoms with Gasteiger partial charge in [-0.05, 0) is 24.3 Å². The lowest BCUT2D eigenvalue weighted by Crippen LogP contribution is -2.19. The molecular weight excluding hydrogens is 446 g/mol. The number of phenols is 2. The van der Waals surface area contributed by atoms with Crippen LogP contribution in [0, 0.1) is 0 Å². The number of nitrogens with zero attached hydrogens (tertiary/aromatic N) is 4. The van der Waals surface area contributed by atoms with Gasteiger partial charge in [0, 0.05) is 28.7 Å². The van der Waals surface area contributed by atoms with Gasteiger partial charge in [-0.3, -0.25) is 4.79 Å². The maximum atomic E-state index is 12.0. The Morgan fingerprint density at radius 1 is 1.25 bits per heavy atom. The summed E-state index contributed by atoms with van der Waals surface area (Å²) in [6.45, 7) is 0. The molecule has 3 aromatic rings. The van der Waals surface area contributed by atoms with Crippen molar-refractivity contribution in [3.63, 3.8) is 0 Å². The van der Waals surface area contributed by atoms with Crippen LogP contribution in [0.3, 0.4) is 0 Å². The van der Waals surface area contributed by atoms with Crippen molar-refractivity contribution in [2.75, 3.05) is 5.75 Å². The Bertz CT molecular complexity index is 1020. The number of rotatable bonds is 6. The van der Waals surface area contributed by atoms with Gasteiger partial charge in [0.05, 0.1) is 12.0 Å². The van der Waals surface area contributed by atoms with Crippen molar-refractivity contribution in [2.45, 2.75) is 5.16 Å². The zero-order chi connectivity index (χ0) is 20.1. The van der Waals surface area contributed by atoms with E-state index in [4.69, 9.17) is 0 Å². The van der Waals surface area contributed by atoms with Crippen LogP contribution in [0.5, 0.6) is 11.5 Å². The lowest BCUT2D eigenvalue weighted by Gasteiger charge is -2.04. The van der Waals surface area contributed by atoms with Crippen LogP contribution in [-0.4, -0.2) is 42.9 Å². The highest BCUT2D eigenvalue weighted by atomic mass is 79.9. The van der Waals surface area contributed by atoms with E-state index >= 15 is 0 Å². The van der Waals surface area contributed by atoms with Gasteiger partial charge in [-0.15, -0.1) is 10.2 Å². The predicted octanol–water partition coefficient (Wildman–Crippen LogP) is 2.90. The second-order valence-corrected chi connectivity index (χ2v) is 7.56. The van der Waals surface area contributed by atoms with Crippen LogP contribution >= 0.6 is 27.7 Å². The minimum absolute atomic E-state index is 0.0544. The van der Waals surface area contributed by atoms with Crippen LogP contribution in [-0.2, 0) is 11.8 Å². The first-order valence-corrected chi connectivity index (χ1v) is 9.84. The fraction of sp³-hybridized carbons (Fsp3) is 0.111. The number of hydrogen-bond donors (Lipinski definition) is 3. The molecule has 0 aliphatic rings. The fourth-order valence-electron chi connectivity index (χ4n) is 2.27. The van der Waals surface area contributed by atoms with Crippen LogP contribution < -0.4 is 5.43 Å². The van der Waals surface area contributed by atoms with Crippen LogP contribution in [0.1, 0.15) is 5.56 Å². The van der Waals surface area contributed by atoms with E-state index in [1.807, 2.05) is 35.9 Å². The van der Waals surface area contributed by atoms with E-state index < -0.39 is 0 Å². The Hall–Kier alpha value is -2.85. The largest absolute Gasteiger partial charge is 0.508 e. The van der Waals surface area contributed by atoms with Gasteiger partial charge in [0.15, 0.2) is 11.0 Å². The Kier molecular flexibility index (Phi) is 6.32. The molecule has 0 spiro atoms. The smallest absolute Gasteiger partial charge is 0.250 e. The number of aromatic nitrogens is 3. The highest BCUT2D eigenvalue weighted by molar-refractivity contribution is 9.10. The molecule has 0 fully saturated rings. The molecule has 0 aliphatic carbocycles. The molecule has 0 bridgehead atoms. The third-order valence-electron chi connectivity index (χ3n) is 3.68. The minimum Gasteiger partial charge on any atom is -0.508 e. The Labute approximate surface area is 173 Å². The van der Waals surface area contributed by atoms with Crippen molar-refractivity contribution < 1.29 is 15.0 Å². The number of carbonyl (C=O) groups excluding carboxylic acids is 1. The summed E-state index contributed by atoms with van der Waals surface area (Å²) in [7, 11) is 1.84. The molecule has 28 heavy (non-hydrogen) atoms. The van der Waals surface area contributed by atoms with Gasteiger partial charge in [0.1, 0.15) is 11.5 Å². The monoisotopic (exact) mass is 461 g/mol. The highest BCUT2D eigenvalue weighted by Gasteiger charge is 2.12. The standard InChI is InChI=1S/C18H16BrN5O3S/c1-24-17(11-2-5-13(19)6-3-11)22-23-18(24)28-10-16(27)21-20-9-12-4-7-14(25)8-15(12)26/h2-9,25-26H,10H2,1H3,(H,21,27). The molecule has 2 aromatic carbocycles. The zero-order valence-electron chi connectivity index (χ0n) is 14.7. The summed E-state index contributed by atoms with van der Waals surface area (Å²) in [6.07, 6.45) is 1.30. The summed E-state index contributed by atoms with van der Waals surface area (Å²) in [5, 5.41) is 31.6. The molecule has 1 aromatic heterocycles. The van der Waals surface area contributed by atoms with Crippen LogP contribution in [0.2, 0.25) is 0 Å². The number of benzene rings is 2. The number of hydrogen-bond acceptors (Lipinski definition) is 7. The van der Waals surface area contributed by atoms with Gasteiger partial charge in [-0.2, -0.15) is 5.10 Å². The average molecular weight is 462 g/mol. The third-order valence-corrected chi connectivity index (χ3v) is 5.23. The molecule has 1 heterocycles. The van der Waals surface area contributed by atoms with Gasteiger partial charge in [-0.1, -0.05) is 39.8 Å². The van der Waals surface area contributed by atoms with Gasteiger partial charge in [-0.25, -0.2) is 5.43 Å². The van der Waals surface area contributed by atoms with Crippen molar-refractivity contribution in [3.05, 3.63) is 52.5 Å². The molecule has 0 saturated heterocycles. The van der Waals surface area contributed by atoms with Gasteiger partial charge in [0.25, 0.3) is 5.91 Å². The Morgan fingerprint density at radius 2 is 2.00 bits per heavy atom. The molecule has 3 N–H and O–H groups in total. The third kappa shape index (κ3) is 4.90. The molecule has 0 saturated carbocycles. The summed E-state index contributed by atoms with van der Waals surface area (Å²) < 4.78 is 2.80. The predicted molar refractivity (Wildman–Crippen MR) is 110 cm³/mol. The normalized spacial score (nSPS) is 11.1. The van der Waals surface area contributed by atoms with E-state index in [0.29, 0.717) is 16.5 Å². The molecule has 0 aliphatic heterocycles. The first-order chi connectivity index (χ1) is 13.4. The lowest BCUT2D eigenvalue weighted by molar-refractivity contribution is -0.118. The first-order valence-electron chi connectivity index (χ1n) is 8.06. The number of halogens is 1. The van der Waals surface area contributed by atoms with Crippen molar-refractivity contribution in [1.29, 1.82) is 0 Å². The van der Waals surface area contributed by atoms with E-state index in [0.717, 1.165) is 10.0 Å². The topological polar surface area (TPSA) is 113 Å². The summed E-state index contributed by atoms with van der Waals surface area (Å²) in [5.41, 5.74) is 3.68. The number of hydrazone groups is 1. The molecule has 1 amide bonds. The SMILES string of the molecule is Cn1c(SCC(=O)NN=Cc2ccc(O)cc2O)nnc1-c1ccc(Br)cc1. The molecule has 10 heteroatoms. The maximum Gasteiger partial charge on any atom is 0.250 e. The summed E-state index contributed by atoms with van der Waals surface area (Å²) >= 11 is 4.63. The Balaban J connectivity index is 1.56. The molecule has 3 rings (SSSR count). The number of nitrogens with one attached hydrogen (secondary N) is 1. The van der Waals surface area contributed by atoms with E-state index in [2.05, 4.69) is 36.7 Å². The van der Waals surface area contributed by atoms with Crippen LogP contribution in [0.25, 0.3) is 11.4 Å². The molecule has 0 radical (unpaired) electrons. The van der Waals surface area contributed by atoms with Crippen LogP contribution in [0.4, 0.5) is 0 Å². The maximum absolute atomic E-state index is 12.0. The number of amides is 1. The second-order valence-electron chi connectivity index (χ2n) is 5.70. The quantitative estimate of drug-likeness (QED) is 0.295. The number of carbonyl (C=O) groups is 1. The van der Waals surface area contributed by atoms with Crippen molar-refractivity contribution in [1.82, 2.24) is 20.2 Å². The molecule has 144 valence electrons. The first kappa shape index (κ1) is 19.9. The highest BCUT2D eigenvalue weighted by Crippen LogP contribution is 2.24. The van der Waals surface area contributed by atoms with Crippen LogP contribution in [0.15, 0.2) is 57.2 Å². The summed E-state index contributed by atoms with van der Waals surface area (Å²) in [6, 6.07) is 11.8. The summed E-state index contributed by atoms with van der Waals surface area (Å²) in [5.74, 6) is 0.294. The zero-order valence-corrected chi connectivity index (χ0v) is 17.1. The number of phenolic OH excluding ortho intramolecular Hbond substituents is 2. The Morgan fingerprint density at radius 3 is 2.71 bits per heavy atom. The van der Waals surface area contributed by atoms with E-state index in [1.54, 1.807) is 0 Å². The summed E-state index contributed by atoms with van der Waals surface area (Å²) in [4.78, 5) is 12.0. The van der Waals surface area contributed by atoms with Gasteiger partial charge >= 0.3 is 0 Å². The van der Waals surface area contributed by atoms with Crippen molar-refractivity contribution in [3.8, 4) is 22.9 Å². The van der Waals surface area contributed by atoms with E-state index in [-0.39, 0.29) is 23.2 Å². The molecule has 8 nitrogen and oxygen atoms in total. The molecule has 0 atom stereocenters. The lowest BCUT2D eigenvalue weighted by atomic mass is 10.2. The number of aromatic hydroxyl groups is 2. The van der Waals surface area contributed by atoms with E-state index in [1.165, 1.54) is 36.2 Å². The number of thioether (sulfide) groups is 1. The van der Waals surface area contributed by atoms with E-state index in [9.17, 15) is 15.0 Å².